The average Bonchev–Trinajstić information content (AvgIpc) is 3.87. The molecule has 334 valence electrons. The van der Waals surface area contributed by atoms with Gasteiger partial charge in [-0.25, -0.2) is 0 Å². The predicted molar refractivity (Wildman–Crippen MR) is 297 cm³/mol. The molecule has 0 bridgehead atoms. The molecule has 0 spiro atoms. The Morgan fingerprint density at radius 3 is 1.07 bits per heavy atom. The first-order valence-electron chi connectivity index (χ1n) is 25.0. The third-order valence-corrected chi connectivity index (χ3v) is 16.8. The molecular weight excluding hydrogens is 843 g/mol. The van der Waals surface area contributed by atoms with Crippen molar-refractivity contribution in [1.82, 2.24) is 0 Å². The summed E-state index contributed by atoms with van der Waals surface area (Å²) in [7, 11) is 0. The van der Waals surface area contributed by atoms with E-state index >= 15 is 0 Å². The van der Waals surface area contributed by atoms with Crippen LogP contribution < -0.4 is 4.90 Å². The topological polar surface area (TPSA) is 3.24 Å². The maximum Gasteiger partial charge on any atom is 0.0465 e. The van der Waals surface area contributed by atoms with E-state index in [-0.39, 0.29) is 16.2 Å². The maximum absolute atomic E-state index is 2.49. The molecule has 0 heterocycles. The van der Waals surface area contributed by atoms with Crippen LogP contribution in [0.25, 0.3) is 88.0 Å². The molecule has 70 heavy (non-hydrogen) atoms. The third-order valence-electron chi connectivity index (χ3n) is 16.8. The second kappa shape index (κ2) is 14.5. The van der Waals surface area contributed by atoms with Crippen LogP contribution in [0.3, 0.4) is 0 Å². The molecule has 1 nitrogen and oxygen atoms in total. The molecule has 11 aromatic carbocycles. The van der Waals surface area contributed by atoms with E-state index < -0.39 is 0 Å². The Hall–Kier alpha value is -8.00. The lowest BCUT2D eigenvalue weighted by molar-refractivity contribution is 0.660. The molecule has 0 fully saturated rings. The van der Waals surface area contributed by atoms with Crippen molar-refractivity contribution in [3.05, 3.63) is 246 Å². The van der Waals surface area contributed by atoms with Gasteiger partial charge in [0.2, 0.25) is 0 Å². The molecular formula is C69H53N. The Morgan fingerprint density at radius 1 is 0.257 bits per heavy atom. The Bertz CT molecular complexity index is 3920. The first-order valence-corrected chi connectivity index (χ1v) is 25.0. The molecule has 0 saturated carbocycles. The number of hydrogen-bond acceptors (Lipinski definition) is 1. The second-order valence-corrected chi connectivity index (χ2v) is 21.7. The van der Waals surface area contributed by atoms with Crippen LogP contribution in [0.5, 0.6) is 0 Å². The van der Waals surface area contributed by atoms with E-state index in [4.69, 9.17) is 0 Å². The molecule has 0 atom stereocenters. The summed E-state index contributed by atoms with van der Waals surface area (Å²) in [6.45, 7) is 14.3. The van der Waals surface area contributed by atoms with Gasteiger partial charge >= 0.3 is 0 Å². The van der Waals surface area contributed by atoms with E-state index in [0.29, 0.717) is 0 Å². The molecule has 0 unspecified atom stereocenters. The van der Waals surface area contributed by atoms with Gasteiger partial charge in [-0.05, 0) is 176 Å². The summed E-state index contributed by atoms with van der Waals surface area (Å²) in [5.41, 5.74) is 24.4. The van der Waals surface area contributed by atoms with Gasteiger partial charge in [-0.1, -0.05) is 199 Å². The summed E-state index contributed by atoms with van der Waals surface area (Å²) in [6.07, 6.45) is 0. The quantitative estimate of drug-likeness (QED) is 0.156. The first kappa shape index (κ1) is 41.0. The zero-order valence-electron chi connectivity index (χ0n) is 40.7. The van der Waals surface area contributed by atoms with Gasteiger partial charge in [0.15, 0.2) is 0 Å². The van der Waals surface area contributed by atoms with Gasteiger partial charge in [-0.15, -0.1) is 0 Å². The molecule has 1 heteroatoms. The number of nitrogens with zero attached hydrogens (tertiary/aromatic N) is 1. The Morgan fingerprint density at radius 2 is 0.600 bits per heavy atom. The molecule has 0 aliphatic heterocycles. The van der Waals surface area contributed by atoms with Crippen LogP contribution in [0.15, 0.2) is 212 Å². The summed E-state index contributed by atoms with van der Waals surface area (Å²) in [6, 6.07) is 80.7. The van der Waals surface area contributed by atoms with Crippen LogP contribution in [-0.2, 0) is 16.2 Å². The fourth-order valence-corrected chi connectivity index (χ4v) is 13.2. The minimum absolute atomic E-state index is 0.0994. The minimum atomic E-state index is -0.127. The van der Waals surface area contributed by atoms with E-state index in [2.05, 4.69) is 259 Å². The first-order chi connectivity index (χ1) is 34.0. The molecule has 0 amide bonds. The lowest BCUT2D eigenvalue weighted by Gasteiger charge is -2.30. The minimum Gasteiger partial charge on any atom is -0.310 e. The Kier molecular flexibility index (Phi) is 8.50. The summed E-state index contributed by atoms with van der Waals surface area (Å²) in [5, 5.41) is 7.56. The van der Waals surface area contributed by atoms with E-state index in [9.17, 15) is 0 Å². The monoisotopic (exact) mass is 895 g/mol. The molecule has 11 aromatic rings. The molecule has 3 aliphatic carbocycles. The van der Waals surface area contributed by atoms with Crippen LogP contribution in [-0.4, -0.2) is 0 Å². The van der Waals surface area contributed by atoms with E-state index in [1.807, 2.05) is 0 Å². The maximum atomic E-state index is 2.49. The highest BCUT2D eigenvalue weighted by molar-refractivity contribution is 6.23. The standard InChI is InChI=1S/C69H53N/c1-67(2)59-24-14-11-19-49(59)52-34-29-45(39-62(52)67)66-56-23-10-9-22-55(56)65(57-37-43-17-7-8-18-44(43)38-58(57)66)42-27-30-46(31-28-42)70(47-32-35-53-50-20-12-15-25-60(50)68(3,4)63(53)40-47)48-33-36-54-51-21-13-16-26-61(51)69(5,6)64(54)41-48/h7-41H,1-6H3. The van der Waals surface area contributed by atoms with E-state index in [1.54, 1.807) is 0 Å². The summed E-state index contributed by atoms with van der Waals surface area (Å²) in [5.74, 6) is 0. The fraction of sp³-hybridized carbons (Fsp3) is 0.130. The van der Waals surface area contributed by atoms with Crippen molar-refractivity contribution in [1.29, 1.82) is 0 Å². The highest BCUT2D eigenvalue weighted by Crippen LogP contribution is 2.55. The number of benzene rings is 11. The van der Waals surface area contributed by atoms with Crippen LogP contribution in [0, 0.1) is 0 Å². The molecule has 0 N–H and O–H groups in total. The van der Waals surface area contributed by atoms with Gasteiger partial charge in [-0.3, -0.25) is 0 Å². The SMILES string of the molecule is CC1(C)c2ccccc2-c2ccc(-c3c4ccccc4c(-c4ccc(N(c5ccc6c(c5)C(C)(C)c5ccccc5-6)c5ccc6c(c5)C(C)(C)c5ccccc5-6)cc4)c4cc5ccccc5cc34)cc21. The van der Waals surface area contributed by atoms with E-state index in [1.165, 1.54) is 121 Å². The van der Waals surface area contributed by atoms with Gasteiger partial charge in [0.1, 0.15) is 0 Å². The van der Waals surface area contributed by atoms with Crippen LogP contribution in [0.4, 0.5) is 17.1 Å². The summed E-state index contributed by atoms with van der Waals surface area (Å²) >= 11 is 0. The lowest BCUT2D eigenvalue weighted by atomic mass is 9.80. The highest BCUT2D eigenvalue weighted by atomic mass is 15.1. The smallest absolute Gasteiger partial charge is 0.0465 e. The van der Waals surface area contributed by atoms with Gasteiger partial charge in [0.25, 0.3) is 0 Å². The molecule has 0 aromatic heterocycles. The van der Waals surface area contributed by atoms with Crippen molar-refractivity contribution < 1.29 is 0 Å². The number of anilines is 3. The van der Waals surface area contributed by atoms with Crippen molar-refractivity contribution in [2.45, 2.75) is 57.8 Å². The number of rotatable bonds is 5. The van der Waals surface area contributed by atoms with Crippen molar-refractivity contribution in [3.63, 3.8) is 0 Å². The van der Waals surface area contributed by atoms with Crippen LogP contribution in [0.1, 0.15) is 74.9 Å². The summed E-state index contributed by atoms with van der Waals surface area (Å²) < 4.78 is 0. The van der Waals surface area contributed by atoms with Gasteiger partial charge in [0.05, 0.1) is 0 Å². The van der Waals surface area contributed by atoms with Crippen LogP contribution >= 0.6 is 0 Å². The zero-order chi connectivity index (χ0) is 47.3. The third kappa shape index (κ3) is 5.67. The van der Waals surface area contributed by atoms with Gasteiger partial charge in [0, 0.05) is 33.3 Å². The van der Waals surface area contributed by atoms with Gasteiger partial charge < -0.3 is 4.90 Å². The average molecular weight is 896 g/mol. The largest absolute Gasteiger partial charge is 0.310 e. The number of fused-ring (bicyclic) bond motifs is 12. The summed E-state index contributed by atoms with van der Waals surface area (Å²) in [4.78, 5) is 2.49. The Balaban J connectivity index is 0.960. The van der Waals surface area contributed by atoms with Crippen molar-refractivity contribution in [2.75, 3.05) is 4.90 Å². The van der Waals surface area contributed by atoms with Crippen molar-refractivity contribution in [2.24, 2.45) is 0 Å². The Labute approximate surface area is 411 Å². The highest BCUT2D eigenvalue weighted by Gasteiger charge is 2.39. The second-order valence-electron chi connectivity index (χ2n) is 21.7. The lowest BCUT2D eigenvalue weighted by Crippen LogP contribution is -2.18. The molecule has 3 aliphatic rings. The zero-order valence-corrected chi connectivity index (χ0v) is 40.7. The number of hydrogen-bond donors (Lipinski definition) is 0. The molecule has 0 radical (unpaired) electrons. The molecule has 0 saturated heterocycles. The van der Waals surface area contributed by atoms with Crippen molar-refractivity contribution >= 4 is 49.4 Å². The normalized spacial score (nSPS) is 15.1. The predicted octanol–water partition coefficient (Wildman–Crippen LogP) is 18.9. The van der Waals surface area contributed by atoms with Crippen LogP contribution in [0.2, 0.25) is 0 Å². The molecule has 14 rings (SSSR count). The van der Waals surface area contributed by atoms with E-state index in [0.717, 1.165) is 17.1 Å². The van der Waals surface area contributed by atoms with Gasteiger partial charge in [-0.2, -0.15) is 0 Å². The fourth-order valence-electron chi connectivity index (χ4n) is 13.2. The van der Waals surface area contributed by atoms with Crippen molar-refractivity contribution in [3.8, 4) is 55.6 Å².